The van der Waals surface area contributed by atoms with E-state index in [1.807, 2.05) is 39.1 Å². The minimum Gasteiger partial charge on any atom is -0.488 e. The molecule has 1 amide bonds. The van der Waals surface area contributed by atoms with Crippen molar-refractivity contribution in [2.75, 3.05) is 31.5 Å². The Hall–Kier alpha value is -3.40. The van der Waals surface area contributed by atoms with E-state index < -0.39 is 16.1 Å². The number of carbonyl (C=O) groups is 1. The third-order valence-corrected chi connectivity index (χ3v) is 8.43. The van der Waals surface area contributed by atoms with Gasteiger partial charge in [-0.05, 0) is 56.8 Å². The molecule has 3 aromatic rings. The van der Waals surface area contributed by atoms with Crippen LogP contribution in [0.15, 0.2) is 77.7 Å². The summed E-state index contributed by atoms with van der Waals surface area (Å²) in [7, 11) is -1.82. The molecule has 208 valence electrons. The summed E-state index contributed by atoms with van der Waals surface area (Å²) in [5.74, 6) is 0.0537. The number of hydrogen-bond acceptors (Lipinski definition) is 6. The molecule has 0 fully saturated rings. The van der Waals surface area contributed by atoms with E-state index in [0.29, 0.717) is 18.8 Å². The summed E-state index contributed by atoms with van der Waals surface area (Å²) in [5, 5.41) is 9.90. The van der Waals surface area contributed by atoms with Crippen LogP contribution in [-0.4, -0.2) is 68.1 Å². The summed E-state index contributed by atoms with van der Waals surface area (Å²) in [5.41, 5.74) is 2.65. The zero-order chi connectivity index (χ0) is 28.2. The Labute approximate surface area is 231 Å². The molecule has 0 saturated heterocycles. The summed E-state index contributed by atoms with van der Waals surface area (Å²) in [6, 6.07) is 21.1. The zero-order valence-corrected chi connectivity index (χ0v) is 23.7. The normalized spacial score (nSPS) is 18.6. The molecule has 1 aliphatic rings. The maximum atomic E-state index is 13.7. The van der Waals surface area contributed by atoms with Crippen LogP contribution in [0.25, 0.3) is 0 Å². The third kappa shape index (κ3) is 6.98. The lowest BCUT2D eigenvalue weighted by atomic mass is 9.99. The van der Waals surface area contributed by atoms with E-state index >= 15 is 0 Å². The van der Waals surface area contributed by atoms with Crippen LogP contribution in [-0.2, 0) is 16.6 Å². The molecule has 3 atom stereocenters. The first-order valence-electron chi connectivity index (χ1n) is 13.1. The van der Waals surface area contributed by atoms with Gasteiger partial charge in [0, 0.05) is 31.2 Å². The Bertz CT molecular complexity index is 1380. The van der Waals surface area contributed by atoms with Gasteiger partial charge < -0.3 is 14.7 Å². The number of benzene rings is 3. The predicted molar refractivity (Wildman–Crippen MR) is 152 cm³/mol. The summed E-state index contributed by atoms with van der Waals surface area (Å²) in [4.78, 5) is 17.6. The van der Waals surface area contributed by atoms with Gasteiger partial charge in [0.25, 0.3) is 15.9 Å². The number of aliphatic hydroxyl groups is 1. The molecule has 1 heterocycles. The van der Waals surface area contributed by atoms with Crippen LogP contribution in [0, 0.1) is 12.8 Å². The molecule has 0 aliphatic carbocycles. The zero-order valence-electron chi connectivity index (χ0n) is 22.9. The van der Waals surface area contributed by atoms with E-state index in [1.54, 1.807) is 48.2 Å². The molecule has 8 nitrogen and oxygen atoms in total. The predicted octanol–water partition coefficient (Wildman–Crippen LogP) is 4.15. The van der Waals surface area contributed by atoms with Crippen LogP contribution in [0.5, 0.6) is 5.75 Å². The molecular formula is C30H37N3O5S. The highest BCUT2D eigenvalue weighted by atomic mass is 32.2. The van der Waals surface area contributed by atoms with Gasteiger partial charge in [-0.25, -0.2) is 8.42 Å². The lowest BCUT2D eigenvalue weighted by Crippen LogP contribution is -2.49. The van der Waals surface area contributed by atoms with Gasteiger partial charge in [-0.1, -0.05) is 55.0 Å². The van der Waals surface area contributed by atoms with E-state index in [9.17, 15) is 18.3 Å². The van der Waals surface area contributed by atoms with Gasteiger partial charge in [0.15, 0.2) is 0 Å². The summed E-state index contributed by atoms with van der Waals surface area (Å²) >= 11 is 0. The standard InChI is InChI=1S/C30H37N3O5S/c1-21-10-13-26(14-11-21)39(36,37)31-25-12-15-28-27(16-25)30(35)33(23(3)20-34)17-22(2)29(38-28)19-32(4)18-24-8-6-5-7-9-24/h5-16,22-23,29,31,34H,17-20H2,1-4H3/t22-,23-,29+/m0/s1. The third-order valence-electron chi connectivity index (χ3n) is 7.04. The summed E-state index contributed by atoms with van der Waals surface area (Å²) in [6.45, 7) is 7.30. The second kappa shape index (κ2) is 12.2. The molecule has 0 radical (unpaired) electrons. The first-order chi connectivity index (χ1) is 18.6. The molecule has 0 aromatic heterocycles. The fourth-order valence-corrected chi connectivity index (χ4v) is 5.75. The topological polar surface area (TPSA) is 99.2 Å². The smallest absolute Gasteiger partial charge is 0.261 e. The Morgan fingerprint density at radius 1 is 1.10 bits per heavy atom. The second-order valence-electron chi connectivity index (χ2n) is 10.4. The number of sulfonamides is 1. The quantitative estimate of drug-likeness (QED) is 0.415. The summed E-state index contributed by atoms with van der Waals surface area (Å²) in [6.07, 6.45) is -0.242. The number of hydrogen-bond donors (Lipinski definition) is 2. The number of fused-ring (bicyclic) bond motifs is 1. The van der Waals surface area contributed by atoms with Crippen molar-refractivity contribution < 1.29 is 23.1 Å². The fraction of sp³-hybridized carbons (Fsp3) is 0.367. The van der Waals surface area contributed by atoms with Gasteiger partial charge in [-0.3, -0.25) is 14.4 Å². The molecule has 0 unspecified atom stereocenters. The number of carbonyl (C=O) groups excluding carboxylic acids is 1. The molecular weight excluding hydrogens is 514 g/mol. The number of anilines is 1. The minimum absolute atomic E-state index is 0.0194. The van der Waals surface area contributed by atoms with Crippen LogP contribution >= 0.6 is 0 Å². The first-order valence-corrected chi connectivity index (χ1v) is 14.6. The second-order valence-corrected chi connectivity index (χ2v) is 12.1. The van der Waals surface area contributed by atoms with Gasteiger partial charge in [-0.2, -0.15) is 0 Å². The summed E-state index contributed by atoms with van der Waals surface area (Å²) < 4.78 is 35.0. The number of aryl methyl sites for hydroxylation is 1. The highest BCUT2D eigenvalue weighted by Gasteiger charge is 2.33. The minimum atomic E-state index is -3.85. The lowest BCUT2D eigenvalue weighted by molar-refractivity contribution is 0.0341. The van der Waals surface area contributed by atoms with Gasteiger partial charge in [-0.15, -0.1) is 0 Å². The number of nitrogens with zero attached hydrogens (tertiary/aromatic N) is 2. The highest BCUT2D eigenvalue weighted by Crippen LogP contribution is 2.31. The molecule has 9 heteroatoms. The average Bonchev–Trinajstić information content (AvgIpc) is 2.91. The maximum Gasteiger partial charge on any atom is 0.261 e. The molecule has 1 aliphatic heterocycles. The number of aliphatic hydroxyl groups excluding tert-OH is 1. The molecule has 0 bridgehead atoms. The number of nitrogens with one attached hydrogen (secondary N) is 1. The maximum absolute atomic E-state index is 13.7. The average molecular weight is 552 g/mol. The van der Waals surface area contributed by atoms with Gasteiger partial charge in [0.05, 0.1) is 23.1 Å². The fourth-order valence-electron chi connectivity index (χ4n) is 4.70. The Morgan fingerprint density at radius 2 is 1.79 bits per heavy atom. The molecule has 4 rings (SSSR count). The largest absolute Gasteiger partial charge is 0.488 e. The Kier molecular flexibility index (Phi) is 8.94. The van der Waals surface area contributed by atoms with E-state index in [-0.39, 0.29) is 40.7 Å². The van der Waals surface area contributed by atoms with Crippen molar-refractivity contribution in [2.45, 2.75) is 44.4 Å². The van der Waals surface area contributed by atoms with E-state index in [4.69, 9.17) is 4.74 Å². The lowest BCUT2D eigenvalue weighted by Gasteiger charge is -2.38. The van der Waals surface area contributed by atoms with Crippen LogP contribution in [0.1, 0.15) is 35.3 Å². The molecule has 0 saturated carbocycles. The van der Waals surface area contributed by atoms with Crippen molar-refractivity contribution in [1.29, 1.82) is 0 Å². The van der Waals surface area contributed by atoms with Crippen LogP contribution in [0.2, 0.25) is 0 Å². The number of rotatable bonds is 9. The van der Waals surface area contributed by atoms with Gasteiger partial charge in [0.1, 0.15) is 11.9 Å². The highest BCUT2D eigenvalue weighted by molar-refractivity contribution is 7.92. The number of amides is 1. The molecule has 39 heavy (non-hydrogen) atoms. The molecule has 2 N–H and O–H groups in total. The Morgan fingerprint density at radius 3 is 2.46 bits per heavy atom. The van der Waals surface area contributed by atoms with Crippen molar-refractivity contribution in [3.8, 4) is 5.75 Å². The molecule has 0 spiro atoms. The number of likely N-dealkylation sites (N-methyl/N-ethyl adjacent to an activating group) is 1. The van der Waals surface area contributed by atoms with Gasteiger partial charge >= 0.3 is 0 Å². The van der Waals surface area contributed by atoms with Crippen molar-refractivity contribution in [3.05, 3.63) is 89.5 Å². The van der Waals surface area contributed by atoms with E-state index in [0.717, 1.165) is 12.1 Å². The van der Waals surface area contributed by atoms with Crippen LogP contribution < -0.4 is 9.46 Å². The molecule has 3 aromatic carbocycles. The van der Waals surface area contributed by atoms with Crippen LogP contribution in [0.3, 0.4) is 0 Å². The van der Waals surface area contributed by atoms with Crippen molar-refractivity contribution >= 4 is 21.6 Å². The van der Waals surface area contributed by atoms with Crippen molar-refractivity contribution in [2.24, 2.45) is 5.92 Å². The van der Waals surface area contributed by atoms with E-state index in [1.165, 1.54) is 11.6 Å². The van der Waals surface area contributed by atoms with Crippen molar-refractivity contribution in [1.82, 2.24) is 9.80 Å². The SMILES string of the molecule is Cc1ccc(S(=O)(=O)Nc2ccc3c(c2)C(=O)N([C@@H](C)CO)C[C@H](C)[C@@H](CN(C)Cc2ccccc2)O3)cc1. The van der Waals surface area contributed by atoms with Crippen molar-refractivity contribution in [3.63, 3.8) is 0 Å². The van der Waals surface area contributed by atoms with E-state index in [2.05, 4.69) is 21.8 Å². The monoisotopic (exact) mass is 551 g/mol. The van der Waals surface area contributed by atoms with Gasteiger partial charge in [0.2, 0.25) is 0 Å². The number of ether oxygens (including phenoxy) is 1. The first kappa shape index (κ1) is 28.6. The van der Waals surface area contributed by atoms with Crippen LogP contribution in [0.4, 0.5) is 5.69 Å². The Balaban J connectivity index is 1.63.